The molecular formula is C36H54O2. The predicted molar refractivity (Wildman–Crippen MR) is 162 cm³/mol. The van der Waals surface area contributed by atoms with Gasteiger partial charge in [-0.2, -0.15) is 0 Å². The molecule has 0 saturated heterocycles. The normalized spacial score (nSPS) is 28.0. The van der Waals surface area contributed by atoms with Gasteiger partial charge in [0.05, 0.1) is 6.61 Å². The summed E-state index contributed by atoms with van der Waals surface area (Å²) in [7, 11) is 1.78. The second-order valence-corrected chi connectivity index (χ2v) is 12.8. The Kier molecular flexibility index (Phi) is 11.8. The molecule has 210 valence electrons. The molecule has 4 rings (SSSR count). The molecule has 1 aromatic rings. The van der Waals surface area contributed by atoms with E-state index in [-0.39, 0.29) is 6.61 Å². The second kappa shape index (κ2) is 15.2. The van der Waals surface area contributed by atoms with Crippen molar-refractivity contribution in [2.45, 2.75) is 109 Å². The SMILES string of the molecule is C=C(CO)CC(CCC1CCC(c2ccc(C3CCC4C=C(CCCCC)C=CC4C3)cc2)CC1)COC. The van der Waals surface area contributed by atoms with Crippen LogP contribution >= 0.6 is 0 Å². The Morgan fingerprint density at radius 2 is 1.68 bits per heavy atom. The van der Waals surface area contributed by atoms with Crippen molar-refractivity contribution in [2.24, 2.45) is 23.7 Å². The first kappa shape index (κ1) is 29.3. The second-order valence-electron chi connectivity index (χ2n) is 12.8. The van der Waals surface area contributed by atoms with E-state index in [9.17, 15) is 5.11 Å². The molecule has 1 N–H and O–H groups in total. The standard InChI is InChI=1S/C36H54O2/c1-4-5-6-7-29-12-15-36-24-35(21-20-34(36)23-29)33-18-16-32(17-19-33)31-13-10-28(11-14-31)8-9-30(26-38-3)22-27(2)25-37/h12,15-19,23,28,30-31,34-37H,2,4-11,13-14,20-22,24-26H2,1,3H3. The van der Waals surface area contributed by atoms with E-state index >= 15 is 0 Å². The zero-order valence-corrected chi connectivity index (χ0v) is 24.4. The molecule has 38 heavy (non-hydrogen) atoms. The van der Waals surface area contributed by atoms with Crippen molar-refractivity contribution in [3.8, 4) is 0 Å². The van der Waals surface area contributed by atoms with Gasteiger partial charge >= 0.3 is 0 Å². The Balaban J connectivity index is 1.21. The van der Waals surface area contributed by atoms with Gasteiger partial charge in [-0.15, -0.1) is 0 Å². The van der Waals surface area contributed by atoms with Crippen molar-refractivity contribution in [2.75, 3.05) is 20.3 Å². The van der Waals surface area contributed by atoms with Crippen molar-refractivity contribution >= 4 is 0 Å². The summed E-state index contributed by atoms with van der Waals surface area (Å²) in [5.74, 6) is 4.31. The minimum atomic E-state index is 0.0976. The smallest absolute Gasteiger partial charge is 0.0639 e. The highest BCUT2D eigenvalue weighted by atomic mass is 16.5. The molecule has 4 unspecified atom stereocenters. The average molecular weight is 519 g/mol. The van der Waals surface area contributed by atoms with E-state index in [1.807, 2.05) is 0 Å². The summed E-state index contributed by atoms with van der Waals surface area (Å²) in [5.41, 5.74) is 5.67. The molecular weight excluding hydrogens is 464 g/mol. The van der Waals surface area contributed by atoms with E-state index in [0.717, 1.165) is 48.2 Å². The Labute approximate surface area is 233 Å². The third kappa shape index (κ3) is 8.43. The number of aliphatic hydroxyl groups excluding tert-OH is 1. The third-order valence-electron chi connectivity index (χ3n) is 9.92. The van der Waals surface area contributed by atoms with Gasteiger partial charge in [-0.05, 0) is 117 Å². The zero-order chi connectivity index (χ0) is 26.7. The summed E-state index contributed by atoms with van der Waals surface area (Å²) in [5, 5.41) is 9.34. The fourth-order valence-electron chi connectivity index (χ4n) is 7.53. The minimum absolute atomic E-state index is 0.0976. The van der Waals surface area contributed by atoms with Gasteiger partial charge in [0.1, 0.15) is 0 Å². The van der Waals surface area contributed by atoms with Gasteiger partial charge in [0.25, 0.3) is 0 Å². The highest BCUT2D eigenvalue weighted by Gasteiger charge is 2.30. The number of methoxy groups -OCH3 is 1. The number of allylic oxidation sites excluding steroid dienone is 4. The maximum atomic E-state index is 9.34. The van der Waals surface area contributed by atoms with Crippen LogP contribution in [-0.4, -0.2) is 25.4 Å². The molecule has 0 heterocycles. The van der Waals surface area contributed by atoms with Crippen LogP contribution in [0.1, 0.15) is 120 Å². The Hall–Kier alpha value is -1.64. The highest BCUT2D eigenvalue weighted by Crippen LogP contribution is 2.44. The average Bonchev–Trinajstić information content (AvgIpc) is 2.96. The lowest BCUT2D eigenvalue weighted by Gasteiger charge is -2.36. The van der Waals surface area contributed by atoms with Crippen LogP contribution < -0.4 is 0 Å². The van der Waals surface area contributed by atoms with Crippen molar-refractivity contribution in [1.82, 2.24) is 0 Å². The largest absolute Gasteiger partial charge is 0.392 e. The first-order valence-corrected chi connectivity index (χ1v) is 15.8. The van der Waals surface area contributed by atoms with Crippen molar-refractivity contribution in [3.05, 3.63) is 71.3 Å². The van der Waals surface area contributed by atoms with Gasteiger partial charge < -0.3 is 9.84 Å². The molecule has 0 spiro atoms. The van der Waals surface area contributed by atoms with Crippen LogP contribution in [-0.2, 0) is 4.74 Å². The molecule has 0 bridgehead atoms. The molecule has 2 heteroatoms. The Morgan fingerprint density at radius 1 is 0.974 bits per heavy atom. The number of rotatable bonds is 14. The number of benzene rings is 1. The molecule has 3 aliphatic rings. The van der Waals surface area contributed by atoms with Gasteiger partial charge in [-0.3, -0.25) is 0 Å². The maximum absolute atomic E-state index is 9.34. The molecule has 0 aromatic heterocycles. The van der Waals surface area contributed by atoms with Gasteiger partial charge in [0.15, 0.2) is 0 Å². The molecule has 4 atom stereocenters. The topological polar surface area (TPSA) is 29.5 Å². The molecule has 2 nitrogen and oxygen atoms in total. The van der Waals surface area contributed by atoms with Gasteiger partial charge in [-0.1, -0.05) is 86.4 Å². The lowest BCUT2D eigenvalue weighted by molar-refractivity contribution is 0.138. The molecule has 2 fully saturated rings. The first-order valence-electron chi connectivity index (χ1n) is 15.8. The fraction of sp³-hybridized carbons (Fsp3) is 0.667. The molecule has 0 amide bonds. The quantitative estimate of drug-likeness (QED) is 0.196. The summed E-state index contributed by atoms with van der Waals surface area (Å²) in [6.07, 6.45) is 25.6. The summed E-state index contributed by atoms with van der Waals surface area (Å²) in [4.78, 5) is 0. The summed E-state index contributed by atoms with van der Waals surface area (Å²) < 4.78 is 5.44. The molecule has 2 saturated carbocycles. The van der Waals surface area contributed by atoms with Crippen LogP contribution in [0.4, 0.5) is 0 Å². The van der Waals surface area contributed by atoms with Gasteiger partial charge in [0.2, 0.25) is 0 Å². The van der Waals surface area contributed by atoms with E-state index in [4.69, 9.17) is 4.74 Å². The molecule has 0 aliphatic heterocycles. The number of unbranched alkanes of at least 4 members (excludes halogenated alkanes) is 2. The van der Waals surface area contributed by atoms with E-state index in [1.165, 1.54) is 83.5 Å². The van der Waals surface area contributed by atoms with E-state index in [0.29, 0.717) is 5.92 Å². The van der Waals surface area contributed by atoms with Gasteiger partial charge in [0, 0.05) is 13.7 Å². The lowest BCUT2D eigenvalue weighted by atomic mass is 9.69. The number of aliphatic hydroxyl groups is 1. The van der Waals surface area contributed by atoms with Crippen molar-refractivity contribution < 1.29 is 9.84 Å². The predicted octanol–water partition coefficient (Wildman–Crippen LogP) is 9.52. The van der Waals surface area contributed by atoms with Crippen molar-refractivity contribution in [1.29, 1.82) is 0 Å². The van der Waals surface area contributed by atoms with Crippen LogP contribution in [0, 0.1) is 23.7 Å². The van der Waals surface area contributed by atoms with E-state index < -0.39 is 0 Å². The minimum Gasteiger partial charge on any atom is -0.392 e. The first-order chi connectivity index (χ1) is 18.6. The van der Waals surface area contributed by atoms with Crippen LogP contribution in [0.3, 0.4) is 0 Å². The summed E-state index contributed by atoms with van der Waals surface area (Å²) in [6, 6.07) is 9.86. The van der Waals surface area contributed by atoms with E-state index in [2.05, 4.69) is 56.0 Å². The number of ether oxygens (including phenoxy) is 1. The molecule has 1 aromatic carbocycles. The van der Waals surface area contributed by atoms with E-state index in [1.54, 1.807) is 23.8 Å². The molecule has 3 aliphatic carbocycles. The lowest BCUT2D eigenvalue weighted by Crippen LogP contribution is -2.23. The number of hydrogen-bond donors (Lipinski definition) is 1. The van der Waals surface area contributed by atoms with Crippen LogP contribution in [0.15, 0.2) is 60.2 Å². The van der Waals surface area contributed by atoms with Crippen LogP contribution in [0.5, 0.6) is 0 Å². The number of hydrogen-bond acceptors (Lipinski definition) is 2. The monoisotopic (exact) mass is 518 g/mol. The fourth-order valence-corrected chi connectivity index (χ4v) is 7.53. The third-order valence-corrected chi connectivity index (χ3v) is 9.92. The molecule has 0 radical (unpaired) electrons. The van der Waals surface area contributed by atoms with Crippen LogP contribution in [0.2, 0.25) is 0 Å². The van der Waals surface area contributed by atoms with Gasteiger partial charge in [-0.25, -0.2) is 0 Å². The van der Waals surface area contributed by atoms with Crippen molar-refractivity contribution in [3.63, 3.8) is 0 Å². The maximum Gasteiger partial charge on any atom is 0.0639 e. The zero-order valence-electron chi connectivity index (χ0n) is 24.4. The summed E-state index contributed by atoms with van der Waals surface area (Å²) >= 11 is 0. The highest BCUT2D eigenvalue weighted by molar-refractivity contribution is 5.31. The Morgan fingerprint density at radius 3 is 2.37 bits per heavy atom. The number of fused-ring (bicyclic) bond motifs is 1. The summed E-state index contributed by atoms with van der Waals surface area (Å²) in [6.45, 7) is 7.16. The Bertz CT molecular complexity index is 902. The van der Waals surface area contributed by atoms with Crippen LogP contribution in [0.25, 0.3) is 0 Å².